The van der Waals surface area contributed by atoms with Crippen molar-refractivity contribution >= 4 is 6.03 Å². The van der Waals surface area contributed by atoms with Crippen LogP contribution >= 0.6 is 0 Å². The van der Waals surface area contributed by atoms with Crippen LogP contribution in [0, 0.1) is 0 Å². The SMILES string of the molecule is CCNC(=O)N[C@@H]1CN(Cc2cn(C(C)(C)C)nn2)C[C@H]1OC. The molecule has 0 unspecified atom stereocenters. The number of likely N-dealkylation sites (tertiary alicyclic amines) is 1. The summed E-state index contributed by atoms with van der Waals surface area (Å²) in [6.45, 7) is 11.0. The lowest BCUT2D eigenvalue weighted by Crippen LogP contribution is -2.47. The number of carbonyl (C=O) groups excluding carboxylic acids is 1. The van der Waals surface area contributed by atoms with E-state index in [1.807, 2.05) is 17.8 Å². The van der Waals surface area contributed by atoms with Gasteiger partial charge in [0.2, 0.25) is 0 Å². The Balaban J connectivity index is 1.94. The van der Waals surface area contributed by atoms with Crippen molar-refractivity contribution in [3.05, 3.63) is 11.9 Å². The van der Waals surface area contributed by atoms with Gasteiger partial charge in [-0.25, -0.2) is 9.48 Å². The monoisotopic (exact) mass is 324 g/mol. The molecule has 0 aliphatic carbocycles. The van der Waals surface area contributed by atoms with Crippen LogP contribution in [0.1, 0.15) is 33.4 Å². The highest BCUT2D eigenvalue weighted by molar-refractivity contribution is 5.74. The molecule has 2 N–H and O–H groups in total. The van der Waals surface area contributed by atoms with E-state index in [2.05, 4.69) is 46.6 Å². The van der Waals surface area contributed by atoms with Crippen LogP contribution in [0.15, 0.2) is 6.20 Å². The Morgan fingerprint density at radius 2 is 2.17 bits per heavy atom. The van der Waals surface area contributed by atoms with E-state index in [0.29, 0.717) is 13.1 Å². The lowest BCUT2D eigenvalue weighted by Gasteiger charge is -2.18. The summed E-state index contributed by atoms with van der Waals surface area (Å²) in [7, 11) is 1.68. The molecule has 8 nitrogen and oxygen atoms in total. The highest BCUT2D eigenvalue weighted by Crippen LogP contribution is 2.17. The van der Waals surface area contributed by atoms with Gasteiger partial charge in [0.25, 0.3) is 0 Å². The molecule has 0 saturated carbocycles. The van der Waals surface area contributed by atoms with Gasteiger partial charge in [0.05, 0.1) is 29.6 Å². The molecule has 1 aromatic rings. The Kier molecular flexibility index (Phi) is 5.59. The minimum atomic E-state index is -0.153. The number of aromatic nitrogens is 3. The summed E-state index contributed by atoms with van der Waals surface area (Å²) in [5, 5.41) is 14.2. The molecule has 2 amide bonds. The van der Waals surface area contributed by atoms with E-state index < -0.39 is 0 Å². The maximum absolute atomic E-state index is 11.7. The molecule has 1 aliphatic heterocycles. The third-order valence-electron chi connectivity index (χ3n) is 3.91. The Hall–Kier alpha value is -1.67. The molecule has 0 spiro atoms. The molecule has 2 atom stereocenters. The Labute approximate surface area is 137 Å². The average Bonchev–Trinajstić information content (AvgIpc) is 3.06. The van der Waals surface area contributed by atoms with Crippen molar-refractivity contribution in [1.82, 2.24) is 30.5 Å². The van der Waals surface area contributed by atoms with E-state index in [1.54, 1.807) is 7.11 Å². The van der Waals surface area contributed by atoms with Gasteiger partial charge >= 0.3 is 6.03 Å². The number of hydrogen-bond donors (Lipinski definition) is 2. The second-order valence-corrected chi connectivity index (χ2v) is 6.90. The lowest BCUT2D eigenvalue weighted by molar-refractivity contribution is 0.0910. The van der Waals surface area contributed by atoms with E-state index in [9.17, 15) is 4.79 Å². The number of carbonyl (C=O) groups is 1. The zero-order valence-corrected chi connectivity index (χ0v) is 14.7. The van der Waals surface area contributed by atoms with Gasteiger partial charge in [-0.15, -0.1) is 5.10 Å². The van der Waals surface area contributed by atoms with Crippen molar-refractivity contribution < 1.29 is 9.53 Å². The molecule has 1 aromatic heterocycles. The van der Waals surface area contributed by atoms with E-state index in [4.69, 9.17) is 4.74 Å². The molecule has 1 fully saturated rings. The Morgan fingerprint density at radius 1 is 1.43 bits per heavy atom. The zero-order chi connectivity index (χ0) is 17.0. The molecule has 23 heavy (non-hydrogen) atoms. The van der Waals surface area contributed by atoms with Gasteiger partial charge in [-0.2, -0.15) is 0 Å². The predicted octanol–water partition coefficient (Wildman–Crippen LogP) is 0.551. The fraction of sp³-hybridized carbons (Fsp3) is 0.800. The van der Waals surface area contributed by atoms with Gasteiger partial charge in [0.15, 0.2) is 0 Å². The number of methoxy groups -OCH3 is 1. The number of hydrogen-bond acceptors (Lipinski definition) is 5. The van der Waals surface area contributed by atoms with Crippen molar-refractivity contribution in [3.63, 3.8) is 0 Å². The lowest BCUT2D eigenvalue weighted by atomic mass is 10.1. The number of rotatable bonds is 5. The number of ether oxygens (including phenoxy) is 1. The highest BCUT2D eigenvalue weighted by Gasteiger charge is 2.34. The molecule has 1 aliphatic rings. The van der Waals surface area contributed by atoms with Gasteiger partial charge in [-0.05, 0) is 27.7 Å². The third kappa shape index (κ3) is 4.65. The number of nitrogens with one attached hydrogen (secondary N) is 2. The van der Waals surface area contributed by atoms with Gasteiger partial charge in [0, 0.05) is 33.3 Å². The first-order valence-electron chi connectivity index (χ1n) is 8.04. The molecule has 2 rings (SSSR count). The summed E-state index contributed by atoms with van der Waals surface area (Å²) in [5.74, 6) is 0. The third-order valence-corrected chi connectivity index (χ3v) is 3.91. The predicted molar refractivity (Wildman–Crippen MR) is 87.1 cm³/mol. The van der Waals surface area contributed by atoms with Crippen LogP contribution in [0.3, 0.4) is 0 Å². The molecular formula is C15H28N6O2. The number of nitrogens with zero attached hydrogens (tertiary/aromatic N) is 4. The first-order valence-corrected chi connectivity index (χ1v) is 8.04. The first-order chi connectivity index (χ1) is 10.8. The molecule has 2 heterocycles. The molecule has 8 heteroatoms. The summed E-state index contributed by atoms with van der Waals surface area (Å²) in [6.07, 6.45) is 1.96. The van der Waals surface area contributed by atoms with Gasteiger partial charge < -0.3 is 15.4 Å². The van der Waals surface area contributed by atoms with Crippen LogP contribution in [0.5, 0.6) is 0 Å². The fourth-order valence-electron chi connectivity index (χ4n) is 2.67. The van der Waals surface area contributed by atoms with Gasteiger partial charge in [-0.1, -0.05) is 5.21 Å². The number of amides is 2. The van der Waals surface area contributed by atoms with Crippen molar-refractivity contribution in [2.45, 2.75) is 51.9 Å². The summed E-state index contributed by atoms with van der Waals surface area (Å²) < 4.78 is 7.38. The smallest absolute Gasteiger partial charge is 0.315 e. The molecule has 0 bridgehead atoms. The van der Waals surface area contributed by atoms with Crippen molar-refractivity contribution in [1.29, 1.82) is 0 Å². The quantitative estimate of drug-likeness (QED) is 0.826. The maximum atomic E-state index is 11.7. The van der Waals surface area contributed by atoms with Crippen LogP contribution in [-0.4, -0.2) is 64.8 Å². The normalized spacial score (nSPS) is 22.3. The first kappa shape index (κ1) is 17.7. The summed E-state index contributed by atoms with van der Waals surface area (Å²) in [5.41, 5.74) is 0.849. The van der Waals surface area contributed by atoms with Crippen molar-refractivity contribution in [3.8, 4) is 0 Å². The van der Waals surface area contributed by atoms with E-state index >= 15 is 0 Å². The average molecular weight is 324 g/mol. The minimum absolute atomic E-state index is 0.0183. The Bertz CT molecular complexity index is 524. The minimum Gasteiger partial charge on any atom is -0.378 e. The summed E-state index contributed by atoms with van der Waals surface area (Å²) in [4.78, 5) is 13.9. The standard InChI is InChI=1S/C15H28N6O2/c1-6-16-14(22)17-12-9-20(10-13(12)23-5)7-11-8-21(19-18-11)15(2,3)4/h8,12-13H,6-7,9-10H2,1-5H3,(H2,16,17,22)/t12-,13-/m1/s1. The second kappa shape index (κ2) is 7.27. The van der Waals surface area contributed by atoms with E-state index in [1.165, 1.54) is 0 Å². The molecule has 130 valence electrons. The van der Waals surface area contributed by atoms with Crippen LogP contribution in [0.4, 0.5) is 4.79 Å². The molecule has 1 saturated heterocycles. The summed E-state index contributed by atoms with van der Waals surface area (Å²) in [6, 6.07) is -0.177. The molecule has 0 aromatic carbocycles. The zero-order valence-electron chi connectivity index (χ0n) is 14.7. The van der Waals surface area contributed by atoms with Crippen LogP contribution in [-0.2, 0) is 16.8 Å². The van der Waals surface area contributed by atoms with Crippen molar-refractivity contribution in [2.75, 3.05) is 26.7 Å². The van der Waals surface area contributed by atoms with Crippen LogP contribution in [0.25, 0.3) is 0 Å². The van der Waals surface area contributed by atoms with Crippen LogP contribution < -0.4 is 10.6 Å². The Morgan fingerprint density at radius 3 is 2.74 bits per heavy atom. The van der Waals surface area contributed by atoms with Gasteiger partial charge in [0.1, 0.15) is 0 Å². The fourth-order valence-corrected chi connectivity index (χ4v) is 2.67. The largest absolute Gasteiger partial charge is 0.378 e. The maximum Gasteiger partial charge on any atom is 0.315 e. The molecule has 0 radical (unpaired) electrons. The van der Waals surface area contributed by atoms with Crippen molar-refractivity contribution in [2.24, 2.45) is 0 Å². The molecular weight excluding hydrogens is 296 g/mol. The van der Waals surface area contributed by atoms with E-state index in [0.717, 1.165) is 18.8 Å². The van der Waals surface area contributed by atoms with E-state index in [-0.39, 0.29) is 23.7 Å². The second-order valence-electron chi connectivity index (χ2n) is 6.90. The van der Waals surface area contributed by atoms with Crippen LogP contribution in [0.2, 0.25) is 0 Å². The topological polar surface area (TPSA) is 84.3 Å². The number of urea groups is 1. The highest BCUT2D eigenvalue weighted by atomic mass is 16.5. The van der Waals surface area contributed by atoms with Gasteiger partial charge in [-0.3, -0.25) is 4.90 Å². The summed E-state index contributed by atoms with van der Waals surface area (Å²) >= 11 is 0.